The Morgan fingerprint density at radius 3 is 2.80 bits per heavy atom. The summed E-state index contributed by atoms with van der Waals surface area (Å²) in [6.07, 6.45) is -1.06. The number of amides is 3. The van der Waals surface area contributed by atoms with Crippen LogP contribution in [0.25, 0.3) is 0 Å². The van der Waals surface area contributed by atoms with Crippen LogP contribution in [-0.2, 0) is 9.59 Å². The van der Waals surface area contributed by atoms with Gasteiger partial charge >= 0.3 is 6.09 Å². The third kappa shape index (κ3) is 1.60. The maximum Gasteiger partial charge on any atom is 0.407 e. The summed E-state index contributed by atoms with van der Waals surface area (Å²) in [5, 5.41) is 11.2. The molecule has 0 saturated carbocycles. The van der Waals surface area contributed by atoms with Crippen molar-refractivity contribution >= 4 is 17.9 Å². The van der Waals surface area contributed by atoms with Crippen molar-refractivity contribution in [3.05, 3.63) is 0 Å². The minimum Gasteiger partial charge on any atom is -0.465 e. The summed E-state index contributed by atoms with van der Waals surface area (Å²) >= 11 is 0. The Balaban J connectivity index is 2.13. The van der Waals surface area contributed by atoms with Crippen molar-refractivity contribution in [2.45, 2.75) is 6.04 Å². The van der Waals surface area contributed by atoms with Crippen LogP contribution in [0, 0.1) is 0 Å². The second-order valence-corrected chi connectivity index (χ2v) is 3.55. The molecule has 1 atom stereocenters. The van der Waals surface area contributed by atoms with Crippen LogP contribution >= 0.6 is 0 Å². The standard InChI is InChI=1S/C8H11N3O4/c12-6-3-9-7(13)5-4-10(8(14)15)1-2-11(5)6/h5H,1-4H2,(H,9,13)(H,14,15). The number of hydrogen-bond donors (Lipinski definition) is 2. The summed E-state index contributed by atoms with van der Waals surface area (Å²) in [5.41, 5.74) is 0. The number of carboxylic acid groups (broad SMARTS) is 1. The smallest absolute Gasteiger partial charge is 0.407 e. The number of nitrogens with one attached hydrogen (secondary N) is 1. The summed E-state index contributed by atoms with van der Waals surface area (Å²) in [7, 11) is 0. The third-order valence-corrected chi connectivity index (χ3v) is 2.69. The van der Waals surface area contributed by atoms with E-state index < -0.39 is 12.1 Å². The highest BCUT2D eigenvalue weighted by Crippen LogP contribution is 2.13. The van der Waals surface area contributed by atoms with E-state index >= 15 is 0 Å². The first kappa shape index (κ1) is 9.75. The second-order valence-electron chi connectivity index (χ2n) is 3.55. The van der Waals surface area contributed by atoms with Crippen molar-refractivity contribution in [3.63, 3.8) is 0 Å². The zero-order valence-corrected chi connectivity index (χ0v) is 7.97. The molecule has 0 bridgehead atoms. The molecule has 7 nitrogen and oxygen atoms in total. The number of rotatable bonds is 0. The molecule has 2 fully saturated rings. The van der Waals surface area contributed by atoms with Gasteiger partial charge in [-0.2, -0.15) is 0 Å². The largest absolute Gasteiger partial charge is 0.465 e. The number of hydrogen-bond acceptors (Lipinski definition) is 3. The Morgan fingerprint density at radius 2 is 2.13 bits per heavy atom. The van der Waals surface area contributed by atoms with Crippen molar-refractivity contribution in [2.24, 2.45) is 0 Å². The van der Waals surface area contributed by atoms with Crippen LogP contribution < -0.4 is 5.32 Å². The van der Waals surface area contributed by atoms with Gasteiger partial charge in [-0.1, -0.05) is 0 Å². The van der Waals surface area contributed by atoms with Gasteiger partial charge in [-0.25, -0.2) is 4.79 Å². The first-order chi connectivity index (χ1) is 7.09. The maximum atomic E-state index is 11.4. The van der Waals surface area contributed by atoms with Crippen LogP contribution in [0.1, 0.15) is 0 Å². The SMILES string of the molecule is O=C1NCC(=O)N2CCN(C(=O)O)CC12. The molecule has 82 valence electrons. The molecule has 2 rings (SSSR count). The van der Waals surface area contributed by atoms with Gasteiger partial charge in [0.05, 0.1) is 13.1 Å². The molecule has 0 aliphatic carbocycles. The second kappa shape index (κ2) is 3.41. The molecule has 0 spiro atoms. The molecule has 1 unspecified atom stereocenters. The van der Waals surface area contributed by atoms with Crippen LogP contribution in [0.5, 0.6) is 0 Å². The Bertz CT molecular complexity index is 330. The lowest BCUT2D eigenvalue weighted by Gasteiger charge is -2.41. The average Bonchev–Trinajstić information content (AvgIpc) is 2.23. The van der Waals surface area contributed by atoms with Crippen LogP contribution in [0.15, 0.2) is 0 Å². The number of nitrogens with zero attached hydrogens (tertiary/aromatic N) is 2. The lowest BCUT2D eigenvalue weighted by Crippen LogP contribution is -2.66. The van der Waals surface area contributed by atoms with E-state index in [0.29, 0.717) is 6.54 Å². The van der Waals surface area contributed by atoms with Gasteiger partial charge in [0.25, 0.3) is 0 Å². The van der Waals surface area contributed by atoms with Crippen LogP contribution in [0.3, 0.4) is 0 Å². The van der Waals surface area contributed by atoms with E-state index in [2.05, 4.69) is 5.32 Å². The van der Waals surface area contributed by atoms with Gasteiger partial charge in [-0.15, -0.1) is 0 Å². The first-order valence-corrected chi connectivity index (χ1v) is 4.64. The van der Waals surface area contributed by atoms with E-state index in [0.717, 1.165) is 4.90 Å². The Kier molecular flexibility index (Phi) is 2.22. The maximum absolute atomic E-state index is 11.4. The van der Waals surface area contributed by atoms with Gasteiger partial charge in [0.2, 0.25) is 11.8 Å². The highest BCUT2D eigenvalue weighted by molar-refractivity contribution is 5.95. The van der Waals surface area contributed by atoms with E-state index in [9.17, 15) is 14.4 Å². The van der Waals surface area contributed by atoms with Crippen molar-refractivity contribution in [3.8, 4) is 0 Å². The van der Waals surface area contributed by atoms with Crippen molar-refractivity contribution in [2.75, 3.05) is 26.2 Å². The Hall–Kier alpha value is -1.79. The van der Waals surface area contributed by atoms with Crippen LogP contribution in [0.2, 0.25) is 0 Å². The topological polar surface area (TPSA) is 90.0 Å². The predicted octanol–water partition coefficient (Wildman–Crippen LogP) is -1.69. The summed E-state index contributed by atoms with van der Waals surface area (Å²) in [4.78, 5) is 36.1. The fourth-order valence-electron chi connectivity index (χ4n) is 1.86. The third-order valence-electron chi connectivity index (χ3n) is 2.69. The molecule has 2 saturated heterocycles. The predicted molar refractivity (Wildman–Crippen MR) is 48.1 cm³/mol. The summed E-state index contributed by atoms with van der Waals surface area (Å²) in [5.74, 6) is -0.426. The molecule has 2 aliphatic heterocycles. The fraction of sp³-hybridized carbons (Fsp3) is 0.625. The number of fused-ring (bicyclic) bond motifs is 1. The van der Waals surface area contributed by atoms with Gasteiger partial charge in [0, 0.05) is 13.1 Å². The van der Waals surface area contributed by atoms with E-state index in [1.54, 1.807) is 0 Å². The van der Waals surface area contributed by atoms with E-state index in [-0.39, 0.29) is 31.4 Å². The highest BCUT2D eigenvalue weighted by Gasteiger charge is 2.39. The van der Waals surface area contributed by atoms with Crippen molar-refractivity contribution in [1.29, 1.82) is 0 Å². The normalized spacial score (nSPS) is 26.0. The van der Waals surface area contributed by atoms with Gasteiger partial charge in [0.1, 0.15) is 6.04 Å². The van der Waals surface area contributed by atoms with E-state index in [1.807, 2.05) is 0 Å². The fourth-order valence-corrected chi connectivity index (χ4v) is 1.86. The summed E-state index contributed by atoms with van der Waals surface area (Å²) in [6.45, 7) is 0.642. The van der Waals surface area contributed by atoms with Crippen LogP contribution in [-0.4, -0.2) is 65.0 Å². The summed E-state index contributed by atoms with van der Waals surface area (Å²) in [6, 6.07) is -0.656. The molecule has 0 aromatic carbocycles. The lowest BCUT2D eigenvalue weighted by molar-refractivity contribution is -0.148. The Labute approximate surface area is 85.6 Å². The molecule has 7 heteroatoms. The zero-order chi connectivity index (χ0) is 11.0. The van der Waals surface area contributed by atoms with Gasteiger partial charge in [-0.05, 0) is 0 Å². The lowest BCUT2D eigenvalue weighted by atomic mass is 10.1. The van der Waals surface area contributed by atoms with Gasteiger partial charge < -0.3 is 20.2 Å². The molecule has 0 aromatic rings. The molecule has 2 N–H and O–H groups in total. The zero-order valence-electron chi connectivity index (χ0n) is 7.97. The average molecular weight is 213 g/mol. The number of carbonyl (C=O) groups excluding carboxylic acids is 2. The van der Waals surface area contributed by atoms with E-state index in [1.165, 1.54) is 4.90 Å². The number of carbonyl (C=O) groups is 3. The molecule has 2 aliphatic rings. The van der Waals surface area contributed by atoms with Crippen molar-refractivity contribution in [1.82, 2.24) is 15.1 Å². The Morgan fingerprint density at radius 1 is 1.40 bits per heavy atom. The minimum absolute atomic E-state index is 0.0163. The van der Waals surface area contributed by atoms with E-state index in [4.69, 9.17) is 5.11 Å². The van der Waals surface area contributed by atoms with Crippen LogP contribution in [0.4, 0.5) is 4.79 Å². The van der Waals surface area contributed by atoms with Crippen molar-refractivity contribution < 1.29 is 19.5 Å². The minimum atomic E-state index is -1.06. The molecular formula is C8H11N3O4. The molecule has 3 amide bonds. The molecule has 0 radical (unpaired) electrons. The molecule has 2 heterocycles. The highest BCUT2D eigenvalue weighted by atomic mass is 16.4. The monoisotopic (exact) mass is 213 g/mol. The first-order valence-electron chi connectivity index (χ1n) is 4.64. The van der Waals surface area contributed by atoms with Gasteiger partial charge in [-0.3, -0.25) is 9.59 Å². The molecular weight excluding hydrogens is 202 g/mol. The van der Waals surface area contributed by atoms with Gasteiger partial charge in [0.15, 0.2) is 0 Å². The number of piperazine rings is 2. The molecule has 0 aromatic heterocycles. The molecule has 15 heavy (non-hydrogen) atoms. The quantitative estimate of drug-likeness (QED) is 0.502. The summed E-state index contributed by atoms with van der Waals surface area (Å²) < 4.78 is 0.